The lowest BCUT2D eigenvalue weighted by atomic mass is 10.00. The summed E-state index contributed by atoms with van der Waals surface area (Å²) in [6.07, 6.45) is 1.02. The molecule has 1 unspecified atom stereocenters. The number of oxime groups is 1. The largest absolute Gasteiger partial charge is 0.399 e. The molecule has 1 saturated heterocycles. The van der Waals surface area contributed by atoms with Gasteiger partial charge >= 0.3 is 0 Å². The Morgan fingerprint density at radius 1 is 1.70 bits per heavy atom. The monoisotopic (exact) mass is 142 g/mol. The zero-order valence-corrected chi connectivity index (χ0v) is 6.55. The van der Waals surface area contributed by atoms with Crippen LogP contribution >= 0.6 is 0 Å². The molecule has 58 valence electrons. The van der Waals surface area contributed by atoms with Crippen LogP contribution in [0.4, 0.5) is 0 Å². The van der Waals surface area contributed by atoms with E-state index < -0.39 is 0 Å². The van der Waals surface area contributed by atoms with E-state index in [1.54, 1.807) is 7.11 Å². The molecule has 0 aromatic carbocycles. The quantitative estimate of drug-likeness (QED) is 0.544. The number of piperidine rings is 1. The van der Waals surface area contributed by atoms with E-state index in [1.165, 1.54) is 5.71 Å². The SMILES string of the molecule is CO/N=C1/CCNCC1C. The van der Waals surface area contributed by atoms with Crippen molar-refractivity contribution >= 4 is 5.71 Å². The minimum absolute atomic E-state index is 0.536. The summed E-state index contributed by atoms with van der Waals surface area (Å²) in [5.74, 6) is 0.536. The van der Waals surface area contributed by atoms with Gasteiger partial charge in [0.25, 0.3) is 0 Å². The van der Waals surface area contributed by atoms with Crippen molar-refractivity contribution < 1.29 is 4.84 Å². The molecule has 0 bridgehead atoms. The fourth-order valence-electron chi connectivity index (χ4n) is 1.15. The first-order valence-electron chi connectivity index (χ1n) is 3.65. The van der Waals surface area contributed by atoms with Crippen LogP contribution in [0, 0.1) is 5.92 Å². The highest BCUT2D eigenvalue weighted by molar-refractivity contribution is 5.87. The second-order valence-corrected chi connectivity index (χ2v) is 2.62. The zero-order chi connectivity index (χ0) is 7.40. The Bertz CT molecular complexity index is 134. The number of hydrogen-bond donors (Lipinski definition) is 1. The van der Waals surface area contributed by atoms with Crippen LogP contribution in [0.25, 0.3) is 0 Å². The molecule has 1 aliphatic rings. The number of rotatable bonds is 1. The molecule has 1 rings (SSSR count). The van der Waals surface area contributed by atoms with Gasteiger partial charge in [0.2, 0.25) is 0 Å². The van der Waals surface area contributed by atoms with E-state index >= 15 is 0 Å². The molecule has 1 N–H and O–H groups in total. The van der Waals surface area contributed by atoms with Gasteiger partial charge in [-0.25, -0.2) is 0 Å². The lowest BCUT2D eigenvalue weighted by molar-refractivity contribution is 0.209. The lowest BCUT2D eigenvalue weighted by Crippen LogP contribution is -2.35. The van der Waals surface area contributed by atoms with Gasteiger partial charge in [-0.05, 0) is 0 Å². The maximum Gasteiger partial charge on any atom is 0.106 e. The number of hydrogen-bond acceptors (Lipinski definition) is 3. The van der Waals surface area contributed by atoms with Gasteiger partial charge in [-0.3, -0.25) is 0 Å². The van der Waals surface area contributed by atoms with Gasteiger partial charge in [-0.2, -0.15) is 0 Å². The van der Waals surface area contributed by atoms with Crippen LogP contribution in [0.1, 0.15) is 13.3 Å². The third kappa shape index (κ3) is 1.70. The molecule has 1 heterocycles. The summed E-state index contributed by atoms with van der Waals surface area (Å²) in [6, 6.07) is 0. The Kier molecular flexibility index (Phi) is 2.68. The summed E-state index contributed by atoms with van der Waals surface area (Å²) < 4.78 is 0. The second kappa shape index (κ2) is 3.56. The average Bonchev–Trinajstić information content (AvgIpc) is 1.94. The van der Waals surface area contributed by atoms with Gasteiger partial charge in [0.1, 0.15) is 7.11 Å². The van der Waals surface area contributed by atoms with Gasteiger partial charge in [-0.15, -0.1) is 0 Å². The van der Waals surface area contributed by atoms with E-state index in [9.17, 15) is 0 Å². The maximum atomic E-state index is 4.71. The first-order valence-corrected chi connectivity index (χ1v) is 3.65. The van der Waals surface area contributed by atoms with E-state index in [-0.39, 0.29) is 0 Å². The number of nitrogens with one attached hydrogen (secondary N) is 1. The van der Waals surface area contributed by atoms with Crippen molar-refractivity contribution in [2.24, 2.45) is 11.1 Å². The van der Waals surface area contributed by atoms with Crippen LogP contribution in [0.15, 0.2) is 5.16 Å². The smallest absolute Gasteiger partial charge is 0.106 e. The Morgan fingerprint density at radius 3 is 3.10 bits per heavy atom. The van der Waals surface area contributed by atoms with Crippen LogP contribution < -0.4 is 5.32 Å². The summed E-state index contributed by atoms with van der Waals surface area (Å²) in [4.78, 5) is 4.71. The van der Waals surface area contributed by atoms with Gasteiger partial charge in [-0.1, -0.05) is 12.1 Å². The van der Waals surface area contributed by atoms with E-state index in [2.05, 4.69) is 17.4 Å². The molecule has 0 amide bonds. The van der Waals surface area contributed by atoms with Crippen LogP contribution in [0.5, 0.6) is 0 Å². The number of nitrogens with zero attached hydrogens (tertiary/aromatic N) is 1. The predicted octanol–water partition coefficient (Wildman–Crippen LogP) is 0.618. The van der Waals surface area contributed by atoms with Crippen molar-refractivity contribution in [3.8, 4) is 0 Å². The van der Waals surface area contributed by atoms with E-state index in [1.807, 2.05) is 0 Å². The molecular weight excluding hydrogens is 128 g/mol. The third-order valence-electron chi connectivity index (χ3n) is 1.79. The molecule has 3 nitrogen and oxygen atoms in total. The van der Waals surface area contributed by atoms with Gasteiger partial charge in [0.05, 0.1) is 5.71 Å². The summed E-state index contributed by atoms with van der Waals surface area (Å²) in [7, 11) is 1.60. The second-order valence-electron chi connectivity index (χ2n) is 2.62. The standard InChI is InChI=1S/C7H14N2O/c1-6-5-8-4-3-7(6)9-10-2/h6,8H,3-5H2,1-2H3/b9-7-. The molecule has 1 fully saturated rings. The maximum absolute atomic E-state index is 4.71. The van der Waals surface area contributed by atoms with Gasteiger partial charge < -0.3 is 10.2 Å². The van der Waals surface area contributed by atoms with Crippen LogP contribution in [0.2, 0.25) is 0 Å². The molecule has 0 saturated carbocycles. The highest BCUT2D eigenvalue weighted by Crippen LogP contribution is 2.06. The minimum atomic E-state index is 0.536. The fourth-order valence-corrected chi connectivity index (χ4v) is 1.15. The third-order valence-corrected chi connectivity index (χ3v) is 1.79. The molecule has 1 aliphatic heterocycles. The minimum Gasteiger partial charge on any atom is -0.399 e. The molecule has 0 aromatic rings. The van der Waals surface area contributed by atoms with E-state index in [4.69, 9.17) is 4.84 Å². The Morgan fingerprint density at radius 2 is 2.50 bits per heavy atom. The highest BCUT2D eigenvalue weighted by Gasteiger charge is 2.15. The van der Waals surface area contributed by atoms with Crippen molar-refractivity contribution in [2.75, 3.05) is 20.2 Å². The van der Waals surface area contributed by atoms with E-state index in [0.717, 1.165) is 19.5 Å². The van der Waals surface area contributed by atoms with E-state index in [0.29, 0.717) is 5.92 Å². The molecular formula is C7H14N2O. The van der Waals surface area contributed by atoms with Crippen molar-refractivity contribution in [2.45, 2.75) is 13.3 Å². The Labute approximate surface area is 61.4 Å². The molecule has 1 atom stereocenters. The molecule has 0 aromatic heterocycles. The first kappa shape index (κ1) is 7.54. The zero-order valence-electron chi connectivity index (χ0n) is 6.55. The lowest BCUT2D eigenvalue weighted by Gasteiger charge is -2.20. The molecule has 0 radical (unpaired) electrons. The molecule has 10 heavy (non-hydrogen) atoms. The topological polar surface area (TPSA) is 33.6 Å². The Balaban J connectivity index is 2.47. The van der Waals surface area contributed by atoms with Crippen molar-refractivity contribution in [1.82, 2.24) is 5.32 Å². The highest BCUT2D eigenvalue weighted by atomic mass is 16.6. The molecule has 0 spiro atoms. The first-order chi connectivity index (χ1) is 4.84. The summed E-state index contributed by atoms with van der Waals surface area (Å²) in [5, 5.41) is 7.23. The fraction of sp³-hybridized carbons (Fsp3) is 0.857. The van der Waals surface area contributed by atoms with Crippen LogP contribution in [-0.2, 0) is 4.84 Å². The van der Waals surface area contributed by atoms with Crippen molar-refractivity contribution in [3.63, 3.8) is 0 Å². The van der Waals surface area contributed by atoms with Crippen molar-refractivity contribution in [3.05, 3.63) is 0 Å². The van der Waals surface area contributed by atoms with Crippen molar-refractivity contribution in [1.29, 1.82) is 0 Å². The van der Waals surface area contributed by atoms with Crippen LogP contribution in [0.3, 0.4) is 0 Å². The molecule has 0 aliphatic carbocycles. The van der Waals surface area contributed by atoms with Gasteiger partial charge in [0.15, 0.2) is 0 Å². The predicted molar refractivity (Wildman–Crippen MR) is 41.1 cm³/mol. The summed E-state index contributed by atoms with van der Waals surface area (Å²) in [6.45, 7) is 4.22. The van der Waals surface area contributed by atoms with Gasteiger partial charge in [0, 0.05) is 25.4 Å². The van der Waals surface area contributed by atoms with Crippen LogP contribution in [-0.4, -0.2) is 25.9 Å². The summed E-state index contributed by atoms with van der Waals surface area (Å²) >= 11 is 0. The summed E-state index contributed by atoms with van der Waals surface area (Å²) in [5.41, 5.74) is 1.18. The molecule has 3 heteroatoms. The average molecular weight is 142 g/mol. The normalized spacial score (nSPS) is 30.6. The Hall–Kier alpha value is -0.570.